The lowest BCUT2D eigenvalue weighted by Crippen LogP contribution is -2.47. The predicted molar refractivity (Wildman–Crippen MR) is 79.9 cm³/mol. The summed E-state index contributed by atoms with van der Waals surface area (Å²) in [6.45, 7) is 4.90. The van der Waals surface area contributed by atoms with Crippen molar-refractivity contribution in [3.05, 3.63) is 17.3 Å². The Morgan fingerprint density at radius 3 is 2.55 bits per heavy atom. The van der Waals surface area contributed by atoms with E-state index < -0.39 is 10.0 Å². The van der Waals surface area contributed by atoms with Crippen LogP contribution in [-0.2, 0) is 10.0 Å². The molecule has 7 nitrogen and oxygen atoms in total. The lowest BCUT2D eigenvalue weighted by atomic mass is 9.95. The fourth-order valence-corrected chi connectivity index (χ4v) is 4.34. The standard InChI is InChI=1S/C14H21N3O4S/c1-9-13(21-10(2)15-9)14(18)17-7-11-4-5-12(17)8-16(6-11)22(3,19)20/h11-12H,4-8H2,1-3H3/t11-,12+/m0/s1. The van der Waals surface area contributed by atoms with Gasteiger partial charge in [-0.25, -0.2) is 13.4 Å². The highest BCUT2D eigenvalue weighted by molar-refractivity contribution is 7.88. The Hall–Kier alpha value is -1.41. The molecule has 0 unspecified atom stereocenters. The average molecular weight is 327 g/mol. The first kappa shape index (κ1) is 15.5. The minimum atomic E-state index is -3.23. The second-order valence-corrected chi connectivity index (χ2v) is 8.26. The van der Waals surface area contributed by atoms with E-state index in [1.165, 1.54) is 10.6 Å². The van der Waals surface area contributed by atoms with E-state index in [1.807, 2.05) is 0 Å². The van der Waals surface area contributed by atoms with Gasteiger partial charge in [0.15, 0.2) is 5.89 Å². The number of oxazole rings is 1. The van der Waals surface area contributed by atoms with Gasteiger partial charge < -0.3 is 9.32 Å². The van der Waals surface area contributed by atoms with E-state index in [9.17, 15) is 13.2 Å². The number of aromatic nitrogens is 1. The molecule has 0 aromatic carbocycles. The minimum absolute atomic E-state index is 0.0919. The molecule has 22 heavy (non-hydrogen) atoms. The van der Waals surface area contributed by atoms with Crippen molar-refractivity contribution in [2.75, 3.05) is 25.9 Å². The van der Waals surface area contributed by atoms with Crippen molar-refractivity contribution in [3.63, 3.8) is 0 Å². The number of piperidine rings is 1. The van der Waals surface area contributed by atoms with E-state index in [-0.39, 0.29) is 23.6 Å². The van der Waals surface area contributed by atoms with Gasteiger partial charge in [0.05, 0.1) is 11.9 Å². The lowest BCUT2D eigenvalue weighted by Gasteiger charge is -2.35. The molecule has 0 radical (unpaired) electrons. The molecule has 8 heteroatoms. The van der Waals surface area contributed by atoms with Crippen molar-refractivity contribution in [2.24, 2.45) is 5.92 Å². The first-order valence-corrected chi connectivity index (χ1v) is 9.30. The highest BCUT2D eigenvalue weighted by Gasteiger charge is 2.41. The Morgan fingerprint density at radius 2 is 1.95 bits per heavy atom. The summed E-state index contributed by atoms with van der Waals surface area (Å²) >= 11 is 0. The van der Waals surface area contributed by atoms with Gasteiger partial charge in [-0.15, -0.1) is 0 Å². The Balaban J connectivity index is 1.87. The van der Waals surface area contributed by atoms with Crippen molar-refractivity contribution in [1.82, 2.24) is 14.2 Å². The fraction of sp³-hybridized carbons (Fsp3) is 0.714. The minimum Gasteiger partial charge on any atom is -0.436 e. The number of aryl methyl sites for hydroxylation is 2. The summed E-state index contributed by atoms with van der Waals surface area (Å²) in [6, 6.07) is -0.0919. The molecule has 0 aliphatic carbocycles. The highest BCUT2D eigenvalue weighted by Crippen LogP contribution is 2.30. The Labute approximate surface area is 130 Å². The van der Waals surface area contributed by atoms with Gasteiger partial charge in [0.1, 0.15) is 0 Å². The molecule has 1 aromatic heterocycles. The van der Waals surface area contributed by atoms with Crippen LogP contribution in [0.1, 0.15) is 35.0 Å². The third-order valence-electron chi connectivity index (χ3n) is 4.51. The maximum Gasteiger partial charge on any atom is 0.291 e. The van der Waals surface area contributed by atoms with Crippen LogP contribution in [0.25, 0.3) is 0 Å². The van der Waals surface area contributed by atoms with Gasteiger partial charge in [0.25, 0.3) is 5.91 Å². The van der Waals surface area contributed by atoms with Crippen molar-refractivity contribution in [1.29, 1.82) is 0 Å². The molecule has 4 rings (SSSR count). The fourth-order valence-electron chi connectivity index (χ4n) is 3.42. The smallest absolute Gasteiger partial charge is 0.291 e. The molecule has 1 aromatic rings. The van der Waals surface area contributed by atoms with Gasteiger partial charge in [0.2, 0.25) is 15.8 Å². The molecule has 0 spiro atoms. The average Bonchev–Trinajstić information content (AvgIpc) is 2.64. The van der Waals surface area contributed by atoms with E-state index >= 15 is 0 Å². The van der Waals surface area contributed by atoms with E-state index in [0.29, 0.717) is 31.2 Å². The second-order valence-electron chi connectivity index (χ2n) is 6.28. The summed E-state index contributed by atoms with van der Waals surface area (Å²) in [5.41, 5.74) is 0.586. The van der Waals surface area contributed by atoms with Crippen LogP contribution in [0.15, 0.2) is 4.42 Å². The molecular formula is C14H21N3O4S. The zero-order valence-electron chi connectivity index (χ0n) is 13.1. The summed E-state index contributed by atoms with van der Waals surface area (Å²) < 4.78 is 30.7. The first-order chi connectivity index (χ1) is 10.3. The number of carbonyl (C=O) groups excluding carboxylic acids is 1. The molecule has 3 saturated heterocycles. The molecule has 3 fully saturated rings. The van der Waals surface area contributed by atoms with E-state index in [1.54, 1.807) is 18.7 Å². The number of nitrogens with zero attached hydrogens (tertiary/aromatic N) is 3. The van der Waals surface area contributed by atoms with Crippen LogP contribution in [0.4, 0.5) is 0 Å². The van der Waals surface area contributed by atoms with Gasteiger partial charge >= 0.3 is 0 Å². The molecule has 4 heterocycles. The van der Waals surface area contributed by atoms with Crippen LogP contribution in [0.3, 0.4) is 0 Å². The third kappa shape index (κ3) is 2.77. The quantitative estimate of drug-likeness (QED) is 0.802. The Morgan fingerprint density at radius 1 is 1.23 bits per heavy atom. The lowest BCUT2D eigenvalue weighted by molar-refractivity contribution is 0.0554. The van der Waals surface area contributed by atoms with Crippen LogP contribution in [-0.4, -0.2) is 60.4 Å². The molecule has 1 amide bonds. The van der Waals surface area contributed by atoms with Crippen molar-refractivity contribution in [2.45, 2.75) is 32.7 Å². The number of hydrogen-bond acceptors (Lipinski definition) is 5. The van der Waals surface area contributed by atoms with Gasteiger partial charge in [0, 0.05) is 32.6 Å². The van der Waals surface area contributed by atoms with Gasteiger partial charge in [-0.2, -0.15) is 4.31 Å². The zero-order valence-corrected chi connectivity index (χ0v) is 13.9. The topological polar surface area (TPSA) is 83.7 Å². The summed E-state index contributed by atoms with van der Waals surface area (Å²) in [7, 11) is -3.23. The second kappa shape index (κ2) is 5.34. The Kier molecular flexibility index (Phi) is 3.76. The van der Waals surface area contributed by atoms with E-state index in [2.05, 4.69) is 4.98 Å². The first-order valence-electron chi connectivity index (χ1n) is 7.46. The maximum absolute atomic E-state index is 12.8. The third-order valence-corrected chi connectivity index (χ3v) is 5.74. The summed E-state index contributed by atoms with van der Waals surface area (Å²) in [4.78, 5) is 18.7. The van der Waals surface area contributed by atoms with E-state index in [0.717, 1.165) is 12.8 Å². The molecular weight excluding hydrogens is 306 g/mol. The molecule has 0 saturated carbocycles. The number of hydrogen-bond donors (Lipinski definition) is 0. The van der Waals surface area contributed by atoms with Crippen LogP contribution in [0.2, 0.25) is 0 Å². The zero-order chi connectivity index (χ0) is 16.1. The van der Waals surface area contributed by atoms with Crippen molar-refractivity contribution >= 4 is 15.9 Å². The van der Waals surface area contributed by atoms with Crippen LogP contribution in [0.5, 0.6) is 0 Å². The van der Waals surface area contributed by atoms with Gasteiger partial charge in [-0.05, 0) is 25.7 Å². The number of rotatable bonds is 2. The van der Waals surface area contributed by atoms with Crippen molar-refractivity contribution < 1.29 is 17.6 Å². The van der Waals surface area contributed by atoms with E-state index in [4.69, 9.17) is 4.42 Å². The summed E-state index contributed by atoms with van der Waals surface area (Å²) in [5, 5.41) is 0. The molecule has 2 atom stereocenters. The van der Waals surface area contributed by atoms with Crippen LogP contribution < -0.4 is 0 Å². The molecule has 3 aliphatic rings. The molecule has 2 bridgehead atoms. The largest absolute Gasteiger partial charge is 0.436 e. The van der Waals surface area contributed by atoms with Gasteiger partial charge in [-0.3, -0.25) is 4.79 Å². The number of fused-ring (bicyclic) bond motifs is 4. The predicted octanol–water partition coefficient (Wildman–Crippen LogP) is 0.787. The summed E-state index contributed by atoms with van der Waals surface area (Å²) in [6.07, 6.45) is 3.01. The van der Waals surface area contributed by atoms with Crippen LogP contribution >= 0.6 is 0 Å². The normalized spacial score (nSPS) is 26.2. The number of carbonyl (C=O) groups is 1. The molecule has 3 aliphatic heterocycles. The maximum atomic E-state index is 12.8. The molecule has 122 valence electrons. The molecule has 0 N–H and O–H groups in total. The number of sulfonamides is 1. The number of amides is 1. The monoisotopic (exact) mass is 327 g/mol. The van der Waals surface area contributed by atoms with Crippen LogP contribution in [0, 0.1) is 19.8 Å². The van der Waals surface area contributed by atoms with Gasteiger partial charge in [-0.1, -0.05) is 0 Å². The SMILES string of the molecule is Cc1nc(C)c(C(=O)N2C[C@H]3CC[C@@H]2CN(S(C)(=O)=O)C3)o1. The highest BCUT2D eigenvalue weighted by atomic mass is 32.2. The van der Waals surface area contributed by atoms with Crippen molar-refractivity contribution in [3.8, 4) is 0 Å². The summed E-state index contributed by atoms with van der Waals surface area (Å²) in [5.74, 6) is 0.749. The Bertz CT molecular complexity index is 697.